The van der Waals surface area contributed by atoms with Gasteiger partial charge in [-0.2, -0.15) is 5.26 Å². The van der Waals surface area contributed by atoms with Gasteiger partial charge in [-0.05, 0) is 12.2 Å². The first-order chi connectivity index (χ1) is 6.19. The van der Waals surface area contributed by atoms with Crippen molar-refractivity contribution in [2.24, 2.45) is 5.92 Å². The van der Waals surface area contributed by atoms with Gasteiger partial charge in [0.2, 0.25) is 5.89 Å². The zero-order chi connectivity index (χ0) is 9.84. The third-order valence-electron chi connectivity index (χ3n) is 1.67. The van der Waals surface area contributed by atoms with Gasteiger partial charge >= 0.3 is 0 Å². The van der Waals surface area contributed by atoms with E-state index in [2.05, 4.69) is 16.3 Å². The molecular weight excluding hydrogens is 186 g/mol. The van der Waals surface area contributed by atoms with E-state index in [0.29, 0.717) is 11.1 Å². The molecule has 13 heavy (non-hydrogen) atoms. The van der Waals surface area contributed by atoms with Crippen molar-refractivity contribution in [1.29, 1.82) is 5.26 Å². The third-order valence-corrected chi connectivity index (χ3v) is 2.18. The van der Waals surface area contributed by atoms with Gasteiger partial charge in [-0.3, -0.25) is 0 Å². The largest absolute Gasteiger partial charge is 0.414 e. The molecule has 0 fully saturated rings. The Morgan fingerprint density at radius 1 is 1.46 bits per heavy atom. The molecule has 0 aliphatic heterocycles. The molecular formula is C8H11N3OS. The van der Waals surface area contributed by atoms with Crippen LogP contribution in [0.25, 0.3) is 0 Å². The van der Waals surface area contributed by atoms with E-state index in [1.807, 2.05) is 20.1 Å². The van der Waals surface area contributed by atoms with Gasteiger partial charge < -0.3 is 4.42 Å². The van der Waals surface area contributed by atoms with Crippen molar-refractivity contribution in [3.05, 3.63) is 5.89 Å². The van der Waals surface area contributed by atoms with Gasteiger partial charge in [-0.15, -0.1) is 10.2 Å². The van der Waals surface area contributed by atoms with Gasteiger partial charge in [-0.1, -0.05) is 25.6 Å². The van der Waals surface area contributed by atoms with Crippen LogP contribution in [0.3, 0.4) is 0 Å². The van der Waals surface area contributed by atoms with Gasteiger partial charge in [0.15, 0.2) is 0 Å². The maximum Gasteiger partial charge on any atom is 0.276 e. The molecule has 0 amide bonds. The molecule has 0 spiro atoms. The van der Waals surface area contributed by atoms with Crippen molar-refractivity contribution in [1.82, 2.24) is 10.2 Å². The van der Waals surface area contributed by atoms with E-state index in [-0.39, 0.29) is 11.8 Å². The highest BCUT2D eigenvalue weighted by Crippen LogP contribution is 2.24. The summed E-state index contributed by atoms with van der Waals surface area (Å²) >= 11 is 1.38. The maximum absolute atomic E-state index is 8.85. The fourth-order valence-electron chi connectivity index (χ4n) is 0.918. The number of nitrogens with zero attached hydrogens (tertiary/aromatic N) is 3. The van der Waals surface area contributed by atoms with Crippen LogP contribution in [0.2, 0.25) is 0 Å². The summed E-state index contributed by atoms with van der Waals surface area (Å²) in [6.45, 7) is 3.91. The maximum atomic E-state index is 8.85. The van der Waals surface area contributed by atoms with Crippen LogP contribution in [0.5, 0.6) is 0 Å². The topological polar surface area (TPSA) is 62.7 Å². The second kappa shape index (κ2) is 4.28. The van der Waals surface area contributed by atoms with E-state index in [1.165, 1.54) is 11.8 Å². The van der Waals surface area contributed by atoms with Crippen LogP contribution in [0.4, 0.5) is 0 Å². The zero-order valence-corrected chi connectivity index (χ0v) is 8.63. The first kappa shape index (κ1) is 10.1. The molecule has 4 nitrogen and oxygen atoms in total. The smallest absolute Gasteiger partial charge is 0.276 e. The van der Waals surface area contributed by atoms with E-state index in [9.17, 15) is 0 Å². The molecule has 5 heteroatoms. The summed E-state index contributed by atoms with van der Waals surface area (Å²) in [5, 5.41) is 17.0. The summed E-state index contributed by atoms with van der Waals surface area (Å²) in [4.78, 5) is 0. The van der Waals surface area contributed by atoms with Crippen LogP contribution >= 0.6 is 11.8 Å². The molecule has 70 valence electrons. The van der Waals surface area contributed by atoms with Crippen molar-refractivity contribution in [2.75, 3.05) is 6.26 Å². The van der Waals surface area contributed by atoms with Gasteiger partial charge in [0, 0.05) is 0 Å². The summed E-state index contributed by atoms with van der Waals surface area (Å²) in [6.07, 6.45) is 1.86. The molecule has 0 bridgehead atoms. The Kier molecular flexibility index (Phi) is 3.32. The van der Waals surface area contributed by atoms with Crippen LogP contribution < -0.4 is 0 Å². The molecule has 0 radical (unpaired) electrons. The minimum absolute atomic E-state index is 0.195. The Hall–Kier alpha value is -1.02. The van der Waals surface area contributed by atoms with E-state index < -0.39 is 0 Å². The monoisotopic (exact) mass is 197 g/mol. The molecule has 0 aliphatic carbocycles. The lowest BCUT2D eigenvalue weighted by Gasteiger charge is -2.06. The summed E-state index contributed by atoms with van der Waals surface area (Å²) in [7, 11) is 0. The van der Waals surface area contributed by atoms with Gasteiger partial charge in [0.25, 0.3) is 5.22 Å². The average Bonchev–Trinajstić information content (AvgIpc) is 2.53. The molecule has 1 aromatic rings. The Labute approximate surface area is 81.3 Å². The number of thioether (sulfide) groups is 1. The quantitative estimate of drug-likeness (QED) is 0.694. The van der Waals surface area contributed by atoms with Crippen LogP contribution in [0, 0.1) is 17.2 Å². The molecule has 0 aliphatic rings. The van der Waals surface area contributed by atoms with Crippen molar-refractivity contribution in [3.8, 4) is 6.07 Å². The van der Waals surface area contributed by atoms with Crippen LogP contribution in [-0.4, -0.2) is 16.5 Å². The summed E-state index contributed by atoms with van der Waals surface area (Å²) < 4.78 is 5.27. The second-order valence-electron chi connectivity index (χ2n) is 2.96. The zero-order valence-electron chi connectivity index (χ0n) is 7.81. The summed E-state index contributed by atoms with van der Waals surface area (Å²) in [6, 6.07) is 2.15. The minimum atomic E-state index is -0.298. The Morgan fingerprint density at radius 2 is 2.15 bits per heavy atom. The minimum Gasteiger partial charge on any atom is -0.414 e. The standard InChI is InChI=1S/C8H11N3OS/c1-5(2)6(4-9)7-10-11-8(12-7)13-3/h5-6H,1-3H3. The Bertz CT molecular complexity index is 315. The lowest BCUT2D eigenvalue weighted by molar-refractivity contribution is 0.376. The predicted octanol–water partition coefficient (Wildman–Crippen LogP) is 2.05. The highest BCUT2D eigenvalue weighted by molar-refractivity contribution is 7.98. The third kappa shape index (κ3) is 2.22. The Balaban J connectivity index is 2.87. The summed E-state index contributed by atoms with van der Waals surface area (Å²) in [5.74, 6) is 0.315. The molecule has 1 aromatic heterocycles. The molecule has 1 rings (SSSR count). The van der Waals surface area contributed by atoms with Gasteiger partial charge in [0.1, 0.15) is 5.92 Å². The first-order valence-electron chi connectivity index (χ1n) is 3.96. The fraction of sp³-hybridized carbons (Fsp3) is 0.625. The predicted molar refractivity (Wildman–Crippen MR) is 49.3 cm³/mol. The van der Waals surface area contributed by atoms with Gasteiger partial charge in [-0.25, -0.2) is 0 Å². The molecule has 1 unspecified atom stereocenters. The molecule has 0 saturated carbocycles. The van der Waals surface area contributed by atoms with Crippen molar-refractivity contribution >= 4 is 11.8 Å². The molecule has 0 saturated heterocycles. The van der Waals surface area contributed by atoms with E-state index in [0.717, 1.165) is 0 Å². The lowest BCUT2D eigenvalue weighted by Crippen LogP contribution is -2.04. The van der Waals surface area contributed by atoms with E-state index in [4.69, 9.17) is 9.68 Å². The number of aromatic nitrogens is 2. The molecule has 1 heterocycles. The SMILES string of the molecule is CSc1nnc(C(C#N)C(C)C)o1. The van der Waals surface area contributed by atoms with Crippen molar-refractivity contribution < 1.29 is 4.42 Å². The summed E-state index contributed by atoms with van der Waals surface area (Å²) in [5.41, 5.74) is 0. The van der Waals surface area contributed by atoms with E-state index in [1.54, 1.807) is 0 Å². The second-order valence-corrected chi connectivity index (χ2v) is 3.72. The average molecular weight is 197 g/mol. The van der Waals surface area contributed by atoms with Crippen molar-refractivity contribution in [3.63, 3.8) is 0 Å². The molecule has 1 atom stereocenters. The highest BCUT2D eigenvalue weighted by atomic mass is 32.2. The number of hydrogen-bond acceptors (Lipinski definition) is 5. The number of nitriles is 1. The lowest BCUT2D eigenvalue weighted by atomic mass is 9.98. The van der Waals surface area contributed by atoms with Crippen LogP contribution in [0.15, 0.2) is 9.64 Å². The highest BCUT2D eigenvalue weighted by Gasteiger charge is 2.21. The molecule has 0 aromatic carbocycles. The number of rotatable bonds is 3. The van der Waals surface area contributed by atoms with Crippen LogP contribution in [-0.2, 0) is 0 Å². The Morgan fingerprint density at radius 3 is 2.54 bits per heavy atom. The van der Waals surface area contributed by atoms with Gasteiger partial charge in [0.05, 0.1) is 6.07 Å². The fourth-order valence-corrected chi connectivity index (χ4v) is 1.21. The normalized spacial score (nSPS) is 12.8. The van der Waals surface area contributed by atoms with E-state index >= 15 is 0 Å². The molecule has 0 N–H and O–H groups in total. The van der Waals surface area contributed by atoms with Crippen molar-refractivity contribution in [2.45, 2.75) is 25.0 Å². The number of hydrogen-bond donors (Lipinski definition) is 0. The van der Waals surface area contributed by atoms with Crippen LogP contribution in [0.1, 0.15) is 25.7 Å². The first-order valence-corrected chi connectivity index (χ1v) is 5.18.